The number of nitrogen functional groups attached to an aromatic ring is 1. The summed E-state index contributed by atoms with van der Waals surface area (Å²) in [7, 11) is 1.82. The number of hydrogen-bond donors (Lipinski definition) is 3. The lowest BCUT2D eigenvalue weighted by molar-refractivity contribution is 0.0943. The van der Waals surface area contributed by atoms with Gasteiger partial charge in [-0.3, -0.25) is 14.6 Å². The molecule has 1 aliphatic carbocycles. The lowest BCUT2D eigenvalue weighted by Crippen LogP contribution is -2.29. The van der Waals surface area contributed by atoms with E-state index in [2.05, 4.69) is 25.6 Å². The maximum atomic E-state index is 12.4. The van der Waals surface area contributed by atoms with Gasteiger partial charge in [0, 0.05) is 25.6 Å². The van der Waals surface area contributed by atoms with Crippen LogP contribution in [0, 0.1) is 0 Å². The van der Waals surface area contributed by atoms with E-state index < -0.39 is 0 Å². The van der Waals surface area contributed by atoms with E-state index in [1.54, 1.807) is 4.68 Å². The van der Waals surface area contributed by atoms with Gasteiger partial charge in [0.25, 0.3) is 5.91 Å². The lowest BCUT2D eigenvalue weighted by atomic mass is 9.95. The summed E-state index contributed by atoms with van der Waals surface area (Å²) < 4.78 is 1.69. The zero-order chi connectivity index (χ0) is 14.8. The number of carbonyl (C=O) groups is 1. The summed E-state index contributed by atoms with van der Waals surface area (Å²) in [5, 5.41) is 13.8. The fraction of sp³-hybridized carbons (Fsp3) is 0.538. The van der Waals surface area contributed by atoms with E-state index in [0.717, 1.165) is 36.9 Å². The van der Waals surface area contributed by atoms with Crippen LogP contribution in [0.15, 0.2) is 0 Å². The first-order valence-corrected chi connectivity index (χ1v) is 7.15. The molecule has 0 bridgehead atoms. The van der Waals surface area contributed by atoms with E-state index in [1.165, 1.54) is 0 Å². The Labute approximate surface area is 122 Å². The molecule has 0 saturated heterocycles. The van der Waals surface area contributed by atoms with Crippen LogP contribution >= 0.6 is 0 Å². The smallest absolute Gasteiger partial charge is 0.269 e. The van der Waals surface area contributed by atoms with E-state index in [-0.39, 0.29) is 11.9 Å². The number of rotatable bonds is 4. The highest BCUT2D eigenvalue weighted by Crippen LogP contribution is 2.23. The summed E-state index contributed by atoms with van der Waals surface area (Å²) in [6.45, 7) is 0.480. The Balaban J connectivity index is 1.64. The summed E-state index contributed by atoms with van der Waals surface area (Å²) in [6.07, 6.45) is 4.74. The molecule has 0 atom stereocenters. The second-order valence-electron chi connectivity index (χ2n) is 5.25. The molecule has 4 N–H and O–H groups in total. The molecule has 2 heterocycles. The van der Waals surface area contributed by atoms with Crippen LogP contribution in [0.1, 0.15) is 40.4 Å². The zero-order valence-corrected chi connectivity index (χ0v) is 12.0. The van der Waals surface area contributed by atoms with E-state index in [4.69, 9.17) is 5.73 Å². The fourth-order valence-corrected chi connectivity index (χ4v) is 2.77. The van der Waals surface area contributed by atoms with Crippen LogP contribution in [0.25, 0.3) is 0 Å². The molecule has 2 aromatic rings. The molecule has 0 unspecified atom stereocenters. The van der Waals surface area contributed by atoms with Crippen LogP contribution in [-0.4, -0.2) is 37.4 Å². The first kappa shape index (κ1) is 13.6. The van der Waals surface area contributed by atoms with Crippen LogP contribution in [0.5, 0.6) is 0 Å². The minimum absolute atomic E-state index is 0.0827. The maximum Gasteiger partial charge on any atom is 0.269 e. The Hall–Kier alpha value is -2.38. The normalized spacial score (nSPS) is 14.0. The van der Waals surface area contributed by atoms with Crippen molar-refractivity contribution in [3.05, 3.63) is 22.8 Å². The van der Waals surface area contributed by atoms with Crippen LogP contribution in [0.3, 0.4) is 0 Å². The van der Waals surface area contributed by atoms with Gasteiger partial charge in [-0.2, -0.15) is 10.1 Å². The molecule has 2 aromatic heterocycles. The molecule has 8 heteroatoms. The average molecular weight is 289 g/mol. The number of anilines is 1. The number of fused-ring (bicyclic) bond motifs is 1. The number of H-pyrrole nitrogens is 1. The van der Waals surface area contributed by atoms with Crippen LogP contribution in [0.4, 0.5) is 5.95 Å². The first-order valence-electron chi connectivity index (χ1n) is 7.15. The van der Waals surface area contributed by atoms with Gasteiger partial charge in [0.05, 0.1) is 5.69 Å². The topological polar surface area (TPSA) is 115 Å². The number of nitrogens with one attached hydrogen (secondary N) is 2. The van der Waals surface area contributed by atoms with Crippen molar-refractivity contribution in [2.24, 2.45) is 7.05 Å². The Kier molecular flexibility index (Phi) is 3.59. The SMILES string of the molecule is Cn1nc2c(c1C(=O)NCCc1nc(N)n[nH]1)CCCC2. The van der Waals surface area contributed by atoms with E-state index >= 15 is 0 Å². The molecule has 0 spiro atoms. The van der Waals surface area contributed by atoms with Gasteiger partial charge >= 0.3 is 0 Å². The second-order valence-corrected chi connectivity index (χ2v) is 5.25. The lowest BCUT2D eigenvalue weighted by Gasteiger charge is -2.11. The molecular weight excluding hydrogens is 270 g/mol. The van der Waals surface area contributed by atoms with Gasteiger partial charge in [-0.25, -0.2) is 0 Å². The monoisotopic (exact) mass is 289 g/mol. The Bertz CT molecular complexity index is 658. The molecule has 1 amide bonds. The summed E-state index contributed by atoms with van der Waals surface area (Å²) in [5.74, 6) is 0.803. The van der Waals surface area contributed by atoms with Crippen LogP contribution in [-0.2, 0) is 26.3 Å². The number of aryl methyl sites for hydroxylation is 2. The van der Waals surface area contributed by atoms with Crippen molar-refractivity contribution < 1.29 is 4.79 Å². The zero-order valence-electron chi connectivity index (χ0n) is 12.0. The van der Waals surface area contributed by atoms with E-state index in [9.17, 15) is 4.79 Å². The molecule has 3 rings (SSSR count). The number of carbonyl (C=O) groups excluding carboxylic acids is 1. The van der Waals surface area contributed by atoms with Gasteiger partial charge in [-0.15, -0.1) is 5.10 Å². The van der Waals surface area contributed by atoms with Crippen molar-refractivity contribution >= 4 is 11.9 Å². The third-order valence-electron chi connectivity index (χ3n) is 3.73. The van der Waals surface area contributed by atoms with Gasteiger partial charge < -0.3 is 11.1 Å². The van der Waals surface area contributed by atoms with Crippen molar-refractivity contribution in [3.63, 3.8) is 0 Å². The van der Waals surface area contributed by atoms with E-state index in [1.807, 2.05) is 7.05 Å². The van der Waals surface area contributed by atoms with Gasteiger partial charge in [-0.1, -0.05) is 0 Å². The predicted molar refractivity (Wildman–Crippen MR) is 76.7 cm³/mol. The molecule has 1 aliphatic rings. The van der Waals surface area contributed by atoms with Crippen molar-refractivity contribution in [1.82, 2.24) is 30.3 Å². The highest BCUT2D eigenvalue weighted by Gasteiger charge is 2.23. The maximum absolute atomic E-state index is 12.4. The molecule has 0 radical (unpaired) electrons. The molecule has 0 aromatic carbocycles. The first-order chi connectivity index (χ1) is 10.1. The predicted octanol–water partition coefficient (Wildman–Crippen LogP) is -0.0283. The fourth-order valence-electron chi connectivity index (χ4n) is 2.77. The molecule has 21 heavy (non-hydrogen) atoms. The Morgan fingerprint density at radius 2 is 2.24 bits per heavy atom. The quantitative estimate of drug-likeness (QED) is 0.731. The highest BCUT2D eigenvalue weighted by atomic mass is 16.2. The second kappa shape index (κ2) is 5.55. The number of nitrogens with two attached hydrogens (primary N) is 1. The summed E-state index contributed by atoms with van der Waals surface area (Å²) in [4.78, 5) is 16.4. The van der Waals surface area contributed by atoms with Gasteiger partial charge in [0.15, 0.2) is 0 Å². The average Bonchev–Trinajstić information content (AvgIpc) is 3.01. The minimum Gasteiger partial charge on any atom is -0.367 e. The molecule has 0 saturated carbocycles. The standard InChI is InChI=1S/C13H19N7O/c1-20-11(8-4-2-3-5-9(8)19-20)12(21)15-7-6-10-16-13(14)18-17-10/h2-7H2,1H3,(H,15,21)(H3,14,16,17,18). The van der Waals surface area contributed by atoms with Crippen molar-refractivity contribution in [3.8, 4) is 0 Å². The Morgan fingerprint density at radius 3 is 3.00 bits per heavy atom. The third-order valence-corrected chi connectivity index (χ3v) is 3.73. The minimum atomic E-state index is -0.0827. The molecule has 112 valence electrons. The molecule has 0 fully saturated rings. The third kappa shape index (κ3) is 2.74. The summed E-state index contributed by atoms with van der Waals surface area (Å²) in [6, 6.07) is 0. The van der Waals surface area contributed by atoms with Gasteiger partial charge in [0.1, 0.15) is 11.5 Å². The molecule has 8 nitrogen and oxygen atoms in total. The van der Waals surface area contributed by atoms with Crippen molar-refractivity contribution in [1.29, 1.82) is 0 Å². The van der Waals surface area contributed by atoms with E-state index in [0.29, 0.717) is 24.5 Å². The largest absolute Gasteiger partial charge is 0.367 e. The number of aromatic nitrogens is 5. The summed E-state index contributed by atoms with van der Waals surface area (Å²) in [5.41, 5.74) is 8.28. The number of amides is 1. The summed E-state index contributed by atoms with van der Waals surface area (Å²) >= 11 is 0. The van der Waals surface area contributed by atoms with Crippen LogP contribution in [0.2, 0.25) is 0 Å². The van der Waals surface area contributed by atoms with Gasteiger partial charge in [0.2, 0.25) is 5.95 Å². The van der Waals surface area contributed by atoms with Gasteiger partial charge in [-0.05, 0) is 25.7 Å². The highest BCUT2D eigenvalue weighted by molar-refractivity contribution is 5.94. The number of hydrogen-bond acceptors (Lipinski definition) is 5. The number of nitrogens with zero attached hydrogens (tertiary/aromatic N) is 4. The Morgan fingerprint density at radius 1 is 1.43 bits per heavy atom. The molecular formula is C13H19N7O. The number of aromatic amines is 1. The van der Waals surface area contributed by atoms with Crippen LogP contribution < -0.4 is 11.1 Å². The molecule has 0 aliphatic heterocycles. The van der Waals surface area contributed by atoms with Crippen molar-refractivity contribution in [2.45, 2.75) is 32.1 Å². The van der Waals surface area contributed by atoms with Crippen molar-refractivity contribution in [2.75, 3.05) is 12.3 Å².